The lowest BCUT2D eigenvalue weighted by molar-refractivity contribution is -0.116. The molecule has 2 aromatic rings. The Bertz CT molecular complexity index is 917. The number of nitrogens with one attached hydrogen (secondary N) is 1. The second kappa shape index (κ2) is 6.48. The highest BCUT2D eigenvalue weighted by Crippen LogP contribution is 2.39. The van der Waals surface area contributed by atoms with E-state index in [1.807, 2.05) is 25.1 Å². The van der Waals surface area contributed by atoms with Gasteiger partial charge in [0.05, 0.1) is 19.3 Å². The lowest BCUT2D eigenvalue weighted by Gasteiger charge is -2.24. The molecular formula is C21H21NO4. The van der Waals surface area contributed by atoms with E-state index in [-0.39, 0.29) is 11.9 Å². The molecule has 0 atom stereocenters. The van der Waals surface area contributed by atoms with E-state index in [1.54, 1.807) is 0 Å². The summed E-state index contributed by atoms with van der Waals surface area (Å²) in [7, 11) is 1.39. The van der Waals surface area contributed by atoms with Gasteiger partial charge in [0.2, 0.25) is 5.91 Å². The first-order valence-corrected chi connectivity index (χ1v) is 8.89. The van der Waals surface area contributed by atoms with Crippen LogP contribution in [0.4, 0.5) is 5.69 Å². The van der Waals surface area contributed by atoms with Crippen molar-refractivity contribution in [3.63, 3.8) is 0 Å². The Morgan fingerprint density at radius 2 is 2.04 bits per heavy atom. The van der Waals surface area contributed by atoms with Gasteiger partial charge in [-0.3, -0.25) is 4.79 Å². The van der Waals surface area contributed by atoms with Crippen molar-refractivity contribution in [3.05, 3.63) is 46.5 Å². The lowest BCUT2D eigenvalue weighted by Crippen LogP contribution is -2.22. The number of ether oxygens (including phenoxy) is 2. The van der Waals surface area contributed by atoms with Gasteiger partial charge in [0.15, 0.2) is 0 Å². The maximum atomic E-state index is 12.6. The molecule has 5 heteroatoms. The average molecular weight is 351 g/mol. The Hall–Kier alpha value is -2.82. The Morgan fingerprint density at radius 1 is 1.19 bits per heavy atom. The van der Waals surface area contributed by atoms with Crippen LogP contribution in [0, 0.1) is 6.92 Å². The highest BCUT2D eigenvalue weighted by molar-refractivity contribution is 6.05. The van der Waals surface area contributed by atoms with Crippen LogP contribution in [-0.2, 0) is 22.4 Å². The summed E-state index contributed by atoms with van der Waals surface area (Å²) in [4.78, 5) is 24.4. The van der Waals surface area contributed by atoms with Crippen LogP contribution >= 0.6 is 0 Å². The van der Waals surface area contributed by atoms with Crippen molar-refractivity contribution in [2.24, 2.45) is 0 Å². The first kappa shape index (κ1) is 16.6. The number of hydrogen-bond donors (Lipinski definition) is 1. The molecule has 0 fully saturated rings. The van der Waals surface area contributed by atoms with Crippen LogP contribution in [0.5, 0.6) is 5.75 Å². The molecule has 1 amide bonds. The minimum absolute atomic E-state index is 0.0219. The van der Waals surface area contributed by atoms with Crippen molar-refractivity contribution < 1.29 is 19.1 Å². The van der Waals surface area contributed by atoms with Crippen molar-refractivity contribution in [1.82, 2.24) is 0 Å². The highest BCUT2D eigenvalue weighted by atomic mass is 16.5. The van der Waals surface area contributed by atoms with Gasteiger partial charge in [0, 0.05) is 12.1 Å². The first-order chi connectivity index (χ1) is 12.6. The zero-order valence-electron chi connectivity index (χ0n) is 15.0. The van der Waals surface area contributed by atoms with Gasteiger partial charge in [-0.25, -0.2) is 4.79 Å². The number of hydrogen-bond acceptors (Lipinski definition) is 4. The summed E-state index contributed by atoms with van der Waals surface area (Å²) in [5.41, 5.74) is 6.07. The molecule has 134 valence electrons. The van der Waals surface area contributed by atoms with Crippen LogP contribution in [0.25, 0.3) is 11.1 Å². The molecule has 26 heavy (non-hydrogen) atoms. The molecule has 0 unspecified atom stereocenters. The summed E-state index contributed by atoms with van der Waals surface area (Å²) in [6.07, 6.45) is 2.87. The van der Waals surface area contributed by atoms with Gasteiger partial charge >= 0.3 is 5.97 Å². The molecule has 5 nitrogen and oxygen atoms in total. The third kappa shape index (κ3) is 2.73. The number of carbonyl (C=O) groups excluding carboxylic acids is 2. The molecule has 0 saturated carbocycles. The normalized spacial score (nSPS) is 15.4. The summed E-state index contributed by atoms with van der Waals surface area (Å²) in [6.45, 7) is 2.70. The predicted molar refractivity (Wildman–Crippen MR) is 98.7 cm³/mol. The zero-order chi connectivity index (χ0) is 18.3. The Labute approximate surface area is 152 Å². The molecule has 0 aromatic heterocycles. The fourth-order valence-corrected chi connectivity index (χ4v) is 3.90. The maximum Gasteiger partial charge on any atom is 0.338 e. The molecular weight excluding hydrogens is 330 g/mol. The van der Waals surface area contributed by atoms with E-state index >= 15 is 0 Å². The number of aryl methyl sites for hydroxylation is 2. The number of rotatable bonds is 2. The first-order valence-electron chi connectivity index (χ1n) is 8.89. The van der Waals surface area contributed by atoms with Crippen LogP contribution in [0.2, 0.25) is 0 Å². The van der Waals surface area contributed by atoms with Gasteiger partial charge in [-0.15, -0.1) is 0 Å². The number of carbonyl (C=O) groups is 2. The van der Waals surface area contributed by atoms with Crippen LogP contribution in [-0.4, -0.2) is 25.6 Å². The van der Waals surface area contributed by atoms with Gasteiger partial charge in [-0.1, -0.05) is 6.07 Å². The highest BCUT2D eigenvalue weighted by Gasteiger charge is 2.27. The van der Waals surface area contributed by atoms with Crippen LogP contribution in [0.1, 0.15) is 39.9 Å². The molecule has 0 radical (unpaired) electrons. The van der Waals surface area contributed by atoms with Crippen molar-refractivity contribution in [3.8, 4) is 16.9 Å². The Balaban J connectivity index is 1.93. The van der Waals surface area contributed by atoms with Crippen molar-refractivity contribution in [1.29, 1.82) is 0 Å². The number of anilines is 1. The van der Waals surface area contributed by atoms with Crippen molar-refractivity contribution in [2.45, 2.75) is 32.6 Å². The van der Waals surface area contributed by atoms with Gasteiger partial charge in [0.1, 0.15) is 5.75 Å². The minimum atomic E-state index is -0.370. The Kier molecular flexibility index (Phi) is 4.15. The van der Waals surface area contributed by atoms with Crippen LogP contribution in [0.3, 0.4) is 0 Å². The van der Waals surface area contributed by atoms with Gasteiger partial charge in [-0.05, 0) is 72.2 Å². The quantitative estimate of drug-likeness (QED) is 0.839. The monoisotopic (exact) mass is 351 g/mol. The molecule has 1 N–H and O–H groups in total. The molecule has 2 aliphatic rings. The molecule has 0 spiro atoms. The van der Waals surface area contributed by atoms with Crippen molar-refractivity contribution >= 4 is 17.6 Å². The van der Waals surface area contributed by atoms with Crippen LogP contribution < -0.4 is 10.1 Å². The third-order valence-corrected chi connectivity index (χ3v) is 5.09. The Morgan fingerprint density at radius 3 is 2.85 bits per heavy atom. The molecule has 2 aromatic carbocycles. The second-order valence-corrected chi connectivity index (χ2v) is 6.78. The number of esters is 1. The number of fused-ring (bicyclic) bond motifs is 2. The largest absolute Gasteiger partial charge is 0.493 e. The standard InChI is InChI=1S/C21H21NO4/c1-12-10-16-15(6-8-18(23)22-16)20(21(24)25-2)19(12)14-5-7-17-13(11-14)4-3-9-26-17/h5,7,10-11H,3-4,6,8-9H2,1-2H3,(H,22,23). The molecule has 0 aliphatic carbocycles. The molecule has 4 rings (SSSR count). The summed E-state index contributed by atoms with van der Waals surface area (Å²) in [5, 5.41) is 2.88. The van der Waals surface area contributed by atoms with E-state index in [0.29, 0.717) is 24.1 Å². The molecule has 0 saturated heterocycles. The van der Waals surface area contributed by atoms with Gasteiger partial charge < -0.3 is 14.8 Å². The summed E-state index contributed by atoms with van der Waals surface area (Å²) in [6, 6.07) is 8.03. The van der Waals surface area contributed by atoms with E-state index in [4.69, 9.17) is 9.47 Å². The van der Waals surface area contributed by atoms with Crippen molar-refractivity contribution in [2.75, 3.05) is 19.0 Å². The van der Waals surface area contributed by atoms with E-state index in [2.05, 4.69) is 11.4 Å². The van der Waals surface area contributed by atoms with Gasteiger partial charge in [-0.2, -0.15) is 0 Å². The second-order valence-electron chi connectivity index (χ2n) is 6.78. The fourth-order valence-electron chi connectivity index (χ4n) is 3.90. The minimum Gasteiger partial charge on any atom is -0.493 e. The van der Waals surface area contributed by atoms with Crippen LogP contribution in [0.15, 0.2) is 24.3 Å². The number of amides is 1. The number of benzene rings is 2. The molecule has 2 aliphatic heterocycles. The maximum absolute atomic E-state index is 12.6. The van der Waals surface area contributed by atoms with Gasteiger partial charge in [0.25, 0.3) is 0 Å². The van der Waals surface area contributed by atoms with E-state index in [1.165, 1.54) is 7.11 Å². The summed E-state index contributed by atoms with van der Waals surface area (Å²) < 4.78 is 10.8. The van der Waals surface area contributed by atoms with E-state index in [9.17, 15) is 9.59 Å². The topological polar surface area (TPSA) is 64.6 Å². The molecule has 0 bridgehead atoms. The summed E-state index contributed by atoms with van der Waals surface area (Å²) >= 11 is 0. The lowest BCUT2D eigenvalue weighted by atomic mass is 9.86. The number of methoxy groups -OCH3 is 1. The van der Waals surface area contributed by atoms with E-state index < -0.39 is 0 Å². The zero-order valence-corrected chi connectivity index (χ0v) is 15.0. The SMILES string of the molecule is COC(=O)c1c2c(cc(C)c1-c1ccc3c(c1)CCCO3)NC(=O)CC2. The fraction of sp³-hybridized carbons (Fsp3) is 0.333. The average Bonchev–Trinajstić information content (AvgIpc) is 2.65. The third-order valence-electron chi connectivity index (χ3n) is 5.09. The van der Waals surface area contributed by atoms with E-state index in [0.717, 1.165) is 53.0 Å². The smallest absolute Gasteiger partial charge is 0.338 e. The predicted octanol–water partition coefficient (Wildman–Crippen LogP) is 3.66. The summed E-state index contributed by atoms with van der Waals surface area (Å²) in [5.74, 6) is 0.527. The molecule has 2 heterocycles.